The summed E-state index contributed by atoms with van der Waals surface area (Å²) in [5, 5.41) is 9.36. The fourth-order valence-corrected chi connectivity index (χ4v) is 2.00. The maximum atomic E-state index is 13.7. The predicted octanol–water partition coefficient (Wildman–Crippen LogP) is 1.59. The molecule has 1 aliphatic heterocycles. The molecule has 2 rings (SSSR count). The number of hydrogen-bond acceptors (Lipinski definition) is 4. The molecule has 1 N–H and O–H groups in total. The SMILES string of the molecule is CC(O)c1ccc(OCCN2CCOCC2)c(F)c1. The molecule has 1 aliphatic rings. The van der Waals surface area contributed by atoms with Gasteiger partial charge in [-0.3, -0.25) is 4.90 Å². The lowest BCUT2D eigenvalue weighted by Crippen LogP contribution is -2.38. The van der Waals surface area contributed by atoms with E-state index in [1.807, 2.05) is 0 Å². The molecule has 106 valence electrons. The van der Waals surface area contributed by atoms with Crippen LogP contribution in [-0.4, -0.2) is 49.5 Å². The zero-order valence-electron chi connectivity index (χ0n) is 11.1. The van der Waals surface area contributed by atoms with Crippen molar-refractivity contribution < 1.29 is 19.0 Å². The van der Waals surface area contributed by atoms with Crippen LogP contribution in [0.4, 0.5) is 4.39 Å². The van der Waals surface area contributed by atoms with Crippen molar-refractivity contribution in [3.05, 3.63) is 29.6 Å². The fourth-order valence-electron chi connectivity index (χ4n) is 2.00. The Morgan fingerprint density at radius 3 is 2.79 bits per heavy atom. The van der Waals surface area contributed by atoms with E-state index in [9.17, 15) is 9.50 Å². The third-order valence-electron chi connectivity index (χ3n) is 3.21. The number of ether oxygens (including phenoxy) is 2. The van der Waals surface area contributed by atoms with Crippen molar-refractivity contribution in [3.8, 4) is 5.75 Å². The Hall–Kier alpha value is -1.17. The molecular formula is C14H20FNO3. The first-order chi connectivity index (χ1) is 9.16. The predicted molar refractivity (Wildman–Crippen MR) is 69.8 cm³/mol. The van der Waals surface area contributed by atoms with Crippen molar-refractivity contribution >= 4 is 0 Å². The van der Waals surface area contributed by atoms with Crippen LogP contribution in [0.15, 0.2) is 18.2 Å². The highest BCUT2D eigenvalue weighted by molar-refractivity contribution is 5.30. The number of morpholine rings is 1. The molecule has 1 saturated heterocycles. The maximum Gasteiger partial charge on any atom is 0.165 e. The van der Waals surface area contributed by atoms with E-state index in [1.165, 1.54) is 6.07 Å². The van der Waals surface area contributed by atoms with Gasteiger partial charge in [0.15, 0.2) is 11.6 Å². The van der Waals surface area contributed by atoms with Crippen LogP contribution in [0.1, 0.15) is 18.6 Å². The second-order valence-electron chi connectivity index (χ2n) is 4.67. The zero-order valence-corrected chi connectivity index (χ0v) is 11.1. The van der Waals surface area contributed by atoms with E-state index in [2.05, 4.69) is 4.90 Å². The summed E-state index contributed by atoms with van der Waals surface area (Å²) >= 11 is 0. The van der Waals surface area contributed by atoms with Crippen LogP contribution in [0.5, 0.6) is 5.75 Å². The molecule has 4 nitrogen and oxygen atoms in total. The molecule has 1 atom stereocenters. The number of halogens is 1. The van der Waals surface area contributed by atoms with Gasteiger partial charge in [-0.25, -0.2) is 4.39 Å². The normalized spacial score (nSPS) is 18.3. The van der Waals surface area contributed by atoms with Crippen molar-refractivity contribution in [1.29, 1.82) is 0 Å². The fraction of sp³-hybridized carbons (Fsp3) is 0.571. The van der Waals surface area contributed by atoms with Crippen LogP contribution in [0, 0.1) is 5.82 Å². The Balaban J connectivity index is 1.82. The first kappa shape index (κ1) is 14.2. The molecule has 0 spiro atoms. The average molecular weight is 269 g/mol. The van der Waals surface area contributed by atoms with E-state index in [-0.39, 0.29) is 5.75 Å². The van der Waals surface area contributed by atoms with Crippen LogP contribution in [0.25, 0.3) is 0 Å². The maximum absolute atomic E-state index is 13.7. The van der Waals surface area contributed by atoms with Gasteiger partial charge in [-0.05, 0) is 24.6 Å². The summed E-state index contributed by atoms with van der Waals surface area (Å²) in [4.78, 5) is 2.23. The minimum Gasteiger partial charge on any atom is -0.489 e. The van der Waals surface area contributed by atoms with Gasteiger partial charge in [0.2, 0.25) is 0 Å². The van der Waals surface area contributed by atoms with E-state index in [0.717, 1.165) is 32.8 Å². The largest absolute Gasteiger partial charge is 0.489 e. The monoisotopic (exact) mass is 269 g/mol. The highest BCUT2D eigenvalue weighted by Gasteiger charge is 2.11. The molecule has 19 heavy (non-hydrogen) atoms. The lowest BCUT2D eigenvalue weighted by Gasteiger charge is -2.26. The first-order valence-corrected chi connectivity index (χ1v) is 6.57. The van der Waals surface area contributed by atoms with Gasteiger partial charge in [-0.1, -0.05) is 6.07 Å². The molecule has 0 aliphatic carbocycles. The number of hydrogen-bond donors (Lipinski definition) is 1. The topological polar surface area (TPSA) is 41.9 Å². The second-order valence-corrected chi connectivity index (χ2v) is 4.67. The number of aliphatic hydroxyl groups excluding tert-OH is 1. The summed E-state index contributed by atoms with van der Waals surface area (Å²) < 4.78 is 24.4. The standard InChI is InChI=1S/C14H20FNO3/c1-11(17)12-2-3-14(13(15)10-12)19-9-6-16-4-7-18-8-5-16/h2-3,10-11,17H,4-9H2,1H3. The average Bonchev–Trinajstić information content (AvgIpc) is 2.41. The first-order valence-electron chi connectivity index (χ1n) is 6.57. The second kappa shape index (κ2) is 6.84. The van der Waals surface area contributed by atoms with Gasteiger partial charge >= 0.3 is 0 Å². The van der Waals surface area contributed by atoms with Crippen LogP contribution in [0.3, 0.4) is 0 Å². The Bertz CT molecular complexity index is 406. The Labute approximate surface area is 112 Å². The van der Waals surface area contributed by atoms with Gasteiger partial charge < -0.3 is 14.6 Å². The van der Waals surface area contributed by atoms with Gasteiger partial charge in [0.1, 0.15) is 6.61 Å². The Morgan fingerprint density at radius 2 is 2.16 bits per heavy atom. The molecule has 1 aromatic rings. The lowest BCUT2D eigenvalue weighted by molar-refractivity contribution is 0.0320. The van der Waals surface area contributed by atoms with E-state index < -0.39 is 11.9 Å². The molecular weight excluding hydrogens is 249 g/mol. The van der Waals surface area contributed by atoms with Crippen molar-refractivity contribution in [2.75, 3.05) is 39.5 Å². The lowest BCUT2D eigenvalue weighted by atomic mass is 10.1. The van der Waals surface area contributed by atoms with Crippen molar-refractivity contribution in [2.45, 2.75) is 13.0 Å². The van der Waals surface area contributed by atoms with Gasteiger partial charge in [0, 0.05) is 19.6 Å². The van der Waals surface area contributed by atoms with Crippen molar-refractivity contribution in [3.63, 3.8) is 0 Å². The Kier molecular flexibility index (Phi) is 5.13. The summed E-state index contributed by atoms with van der Waals surface area (Å²) in [5.41, 5.74) is 0.554. The van der Waals surface area contributed by atoms with E-state index in [0.29, 0.717) is 12.2 Å². The minimum absolute atomic E-state index is 0.234. The zero-order chi connectivity index (χ0) is 13.7. The molecule has 0 saturated carbocycles. The van der Waals surface area contributed by atoms with Gasteiger partial charge in [-0.2, -0.15) is 0 Å². The molecule has 0 aromatic heterocycles. The van der Waals surface area contributed by atoms with Crippen LogP contribution >= 0.6 is 0 Å². The molecule has 1 fully saturated rings. The number of aliphatic hydroxyl groups is 1. The van der Waals surface area contributed by atoms with Crippen molar-refractivity contribution in [2.24, 2.45) is 0 Å². The molecule has 1 heterocycles. The number of nitrogens with zero attached hydrogens (tertiary/aromatic N) is 1. The smallest absolute Gasteiger partial charge is 0.165 e. The highest BCUT2D eigenvalue weighted by Crippen LogP contribution is 2.21. The minimum atomic E-state index is -0.670. The summed E-state index contributed by atoms with van der Waals surface area (Å²) in [6.07, 6.45) is -0.670. The molecule has 5 heteroatoms. The summed E-state index contributed by atoms with van der Waals surface area (Å²) in [6.45, 7) is 6.11. The Morgan fingerprint density at radius 1 is 1.42 bits per heavy atom. The molecule has 1 unspecified atom stereocenters. The third kappa shape index (κ3) is 4.16. The van der Waals surface area contributed by atoms with Gasteiger partial charge in [-0.15, -0.1) is 0 Å². The quantitative estimate of drug-likeness (QED) is 0.881. The van der Waals surface area contributed by atoms with Gasteiger partial charge in [0.05, 0.1) is 19.3 Å². The summed E-state index contributed by atoms with van der Waals surface area (Å²) in [5.74, 6) is -0.196. The van der Waals surface area contributed by atoms with Crippen LogP contribution in [0.2, 0.25) is 0 Å². The molecule has 0 amide bonds. The summed E-state index contributed by atoms with van der Waals surface area (Å²) in [7, 11) is 0. The third-order valence-corrected chi connectivity index (χ3v) is 3.21. The van der Waals surface area contributed by atoms with E-state index in [1.54, 1.807) is 19.1 Å². The highest BCUT2D eigenvalue weighted by atomic mass is 19.1. The van der Waals surface area contributed by atoms with Crippen LogP contribution < -0.4 is 4.74 Å². The van der Waals surface area contributed by atoms with Crippen LogP contribution in [-0.2, 0) is 4.74 Å². The van der Waals surface area contributed by atoms with Gasteiger partial charge in [0.25, 0.3) is 0 Å². The molecule has 1 aromatic carbocycles. The summed E-state index contributed by atoms with van der Waals surface area (Å²) in [6, 6.07) is 4.56. The number of benzene rings is 1. The van der Waals surface area contributed by atoms with E-state index in [4.69, 9.17) is 9.47 Å². The molecule has 0 bridgehead atoms. The van der Waals surface area contributed by atoms with E-state index >= 15 is 0 Å². The van der Waals surface area contributed by atoms with Crippen molar-refractivity contribution in [1.82, 2.24) is 4.90 Å². The number of rotatable bonds is 5. The molecule has 0 radical (unpaired) electrons.